The van der Waals surface area contributed by atoms with E-state index < -0.39 is 16.6 Å². The Labute approximate surface area is 123 Å². The Kier molecular flexibility index (Phi) is 4.94. The Bertz CT molecular complexity index is 697. The fourth-order valence-corrected chi connectivity index (χ4v) is 2.90. The first-order valence-electron chi connectivity index (χ1n) is 6.35. The number of hydrogen-bond acceptors (Lipinski definition) is 5. The lowest BCUT2D eigenvalue weighted by molar-refractivity contribution is 0.278. The van der Waals surface area contributed by atoms with E-state index in [4.69, 9.17) is 9.84 Å². The van der Waals surface area contributed by atoms with Crippen molar-refractivity contribution < 1.29 is 18.3 Å². The van der Waals surface area contributed by atoms with E-state index in [2.05, 4.69) is 14.9 Å². The van der Waals surface area contributed by atoms with Crippen molar-refractivity contribution in [1.82, 2.24) is 14.9 Å². The van der Waals surface area contributed by atoms with Gasteiger partial charge in [0.2, 0.25) is 0 Å². The Balaban J connectivity index is 1.88. The van der Waals surface area contributed by atoms with Crippen LogP contribution in [0.2, 0.25) is 0 Å². The van der Waals surface area contributed by atoms with E-state index >= 15 is 0 Å². The van der Waals surface area contributed by atoms with Crippen LogP contribution in [0.25, 0.3) is 0 Å². The number of benzene rings is 1. The van der Waals surface area contributed by atoms with Crippen LogP contribution in [0.3, 0.4) is 0 Å². The number of aliphatic hydroxyl groups is 1. The van der Waals surface area contributed by atoms with Gasteiger partial charge in [-0.15, -0.1) is 0 Å². The molecule has 0 radical (unpaired) electrons. The number of aromatic amines is 1. The zero-order valence-electron chi connectivity index (χ0n) is 11.5. The van der Waals surface area contributed by atoms with Gasteiger partial charge in [0.05, 0.1) is 12.8 Å². The molecular formula is C13H17N3O4S. The monoisotopic (exact) mass is 311 g/mol. The molecule has 21 heavy (non-hydrogen) atoms. The lowest BCUT2D eigenvalue weighted by Gasteiger charge is -2.08. The molecule has 0 atom stereocenters. The van der Waals surface area contributed by atoms with Crippen LogP contribution in [0.1, 0.15) is 11.1 Å². The van der Waals surface area contributed by atoms with Crippen LogP contribution in [0.15, 0.2) is 35.5 Å². The van der Waals surface area contributed by atoms with Crippen molar-refractivity contribution in [2.45, 2.75) is 18.6 Å². The smallest absolute Gasteiger partial charge is 0.257 e. The van der Waals surface area contributed by atoms with Gasteiger partial charge in [0.15, 0.2) is 5.03 Å². The molecule has 0 aliphatic rings. The predicted molar refractivity (Wildman–Crippen MR) is 76.4 cm³/mol. The number of H-pyrrole nitrogens is 1. The van der Waals surface area contributed by atoms with Gasteiger partial charge >= 0.3 is 0 Å². The topological polar surface area (TPSA) is 104 Å². The summed E-state index contributed by atoms with van der Waals surface area (Å²) in [5.41, 5.74) is 1.29. The summed E-state index contributed by atoms with van der Waals surface area (Å²) in [5.74, 6) is 0.687. The van der Waals surface area contributed by atoms with Crippen molar-refractivity contribution in [3.8, 4) is 5.75 Å². The number of ether oxygens (including phenoxy) is 1. The van der Waals surface area contributed by atoms with Crippen molar-refractivity contribution in [3.05, 3.63) is 41.6 Å². The first kappa shape index (κ1) is 15.5. The van der Waals surface area contributed by atoms with Gasteiger partial charge < -0.3 is 9.84 Å². The van der Waals surface area contributed by atoms with Gasteiger partial charge in [0, 0.05) is 12.1 Å². The van der Waals surface area contributed by atoms with Crippen LogP contribution in [0.5, 0.6) is 5.75 Å². The fourth-order valence-electron chi connectivity index (χ4n) is 1.77. The van der Waals surface area contributed by atoms with Crippen molar-refractivity contribution >= 4 is 10.0 Å². The first-order chi connectivity index (χ1) is 10.0. The minimum atomic E-state index is -3.73. The number of rotatable bonds is 7. The van der Waals surface area contributed by atoms with Crippen molar-refractivity contribution in [2.75, 3.05) is 13.2 Å². The maximum absolute atomic E-state index is 12.0. The summed E-state index contributed by atoms with van der Waals surface area (Å²) in [7, 11) is -3.73. The summed E-state index contributed by atoms with van der Waals surface area (Å²) in [6, 6.07) is 7.49. The van der Waals surface area contributed by atoms with Gasteiger partial charge in [-0.1, -0.05) is 12.1 Å². The van der Waals surface area contributed by atoms with Crippen molar-refractivity contribution in [2.24, 2.45) is 0 Å². The number of aryl methyl sites for hydroxylation is 1. The molecular weight excluding hydrogens is 294 g/mol. The normalized spacial score (nSPS) is 11.5. The maximum Gasteiger partial charge on any atom is 0.257 e. The second-order valence-corrected chi connectivity index (χ2v) is 6.15. The molecule has 0 saturated carbocycles. The molecule has 2 aromatic rings. The molecule has 3 N–H and O–H groups in total. The minimum absolute atomic E-state index is 0.111. The van der Waals surface area contributed by atoms with E-state index in [-0.39, 0.29) is 23.7 Å². The highest BCUT2D eigenvalue weighted by molar-refractivity contribution is 7.89. The van der Waals surface area contributed by atoms with Crippen molar-refractivity contribution in [3.63, 3.8) is 0 Å². The first-order valence-corrected chi connectivity index (χ1v) is 7.83. The molecule has 0 bridgehead atoms. The number of nitrogens with zero attached hydrogens (tertiary/aromatic N) is 1. The summed E-state index contributed by atoms with van der Waals surface area (Å²) in [6.45, 7) is 1.86. The van der Waals surface area contributed by atoms with Crippen LogP contribution in [0.4, 0.5) is 0 Å². The van der Waals surface area contributed by atoms with Gasteiger partial charge in [0.25, 0.3) is 10.0 Å². The molecule has 8 heteroatoms. The maximum atomic E-state index is 12.0. The zero-order valence-corrected chi connectivity index (χ0v) is 12.4. The van der Waals surface area contributed by atoms with Crippen LogP contribution < -0.4 is 9.46 Å². The van der Waals surface area contributed by atoms with Crippen molar-refractivity contribution in [1.29, 1.82) is 0 Å². The van der Waals surface area contributed by atoms with Crippen LogP contribution in [0, 0.1) is 6.92 Å². The molecule has 0 amide bonds. The van der Waals surface area contributed by atoms with E-state index in [0.29, 0.717) is 5.75 Å². The van der Waals surface area contributed by atoms with E-state index in [1.165, 1.54) is 6.20 Å². The van der Waals surface area contributed by atoms with E-state index in [1.54, 1.807) is 6.07 Å². The van der Waals surface area contributed by atoms with E-state index in [1.807, 2.05) is 25.1 Å². The Morgan fingerprint density at radius 2 is 2.24 bits per heavy atom. The molecule has 1 heterocycles. The van der Waals surface area contributed by atoms with Gasteiger partial charge in [-0.05, 0) is 24.6 Å². The second-order valence-electron chi connectivity index (χ2n) is 4.45. The number of aliphatic hydroxyl groups excluding tert-OH is 1. The standard InChI is InChI=1S/C13H17N3O4S/c1-10-3-2-4-12(7-10)20-6-5-15-21(18,19)13-11(9-17)8-14-16-13/h2-4,7-8,15,17H,5-6,9H2,1H3,(H,14,16). The Hall–Kier alpha value is -1.90. The second kappa shape index (κ2) is 6.70. The minimum Gasteiger partial charge on any atom is -0.492 e. The molecule has 0 aliphatic heterocycles. The molecule has 114 valence electrons. The molecule has 0 spiro atoms. The predicted octanol–water partition coefficient (Wildman–Crippen LogP) is 0.568. The molecule has 0 fully saturated rings. The molecule has 2 rings (SSSR count). The van der Waals surface area contributed by atoms with E-state index in [0.717, 1.165) is 5.56 Å². The van der Waals surface area contributed by atoms with Crippen LogP contribution >= 0.6 is 0 Å². The molecule has 0 saturated heterocycles. The molecule has 1 aromatic carbocycles. The zero-order chi connectivity index (χ0) is 15.3. The third-order valence-corrected chi connectivity index (χ3v) is 4.24. The SMILES string of the molecule is Cc1cccc(OCCNS(=O)(=O)c2[nH]ncc2CO)c1. The summed E-state index contributed by atoms with van der Waals surface area (Å²) in [4.78, 5) is 0. The summed E-state index contributed by atoms with van der Waals surface area (Å²) in [6.07, 6.45) is 1.28. The van der Waals surface area contributed by atoms with Gasteiger partial charge in [-0.2, -0.15) is 5.10 Å². The van der Waals surface area contributed by atoms with Crippen LogP contribution in [-0.4, -0.2) is 36.9 Å². The lowest BCUT2D eigenvalue weighted by atomic mass is 10.2. The van der Waals surface area contributed by atoms with Gasteiger partial charge in [-0.25, -0.2) is 13.1 Å². The van der Waals surface area contributed by atoms with Gasteiger partial charge in [-0.3, -0.25) is 5.10 Å². The van der Waals surface area contributed by atoms with Crippen LogP contribution in [-0.2, 0) is 16.6 Å². The molecule has 7 nitrogen and oxygen atoms in total. The summed E-state index contributed by atoms with van der Waals surface area (Å²) < 4.78 is 31.8. The summed E-state index contributed by atoms with van der Waals surface area (Å²) >= 11 is 0. The number of nitrogens with one attached hydrogen (secondary N) is 2. The number of sulfonamides is 1. The average Bonchev–Trinajstić information content (AvgIpc) is 2.93. The van der Waals surface area contributed by atoms with E-state index in [9.17, 15) is 8.42 Å². The Morgan fingerprint density at radius 1 is 1.43 bits per heavy atom. The summed E-state index contributed by atoms with van der Waals surface area (Å²) in [5, 5.41) is 14.9. The molecule has 0 aliphatic carbocycles. The third kappa shape index (κ3) is 4.03. The largest absolute Gasteiger partial charge is 0.492 e. The average molecular weight is 311 g/mol. The quantitative estimate of drug-likeness (QED) is 0.648. The molecule has 1 aromatic heterocycles. The number of hydrogen-bond donors (Lipinski definition) is 3. The fraction of sp³-hybridized carbons (Fsp3) is 0.308. The third-order valence-electron chi connectivity index (χ3n) is 2.77. The highest BCUT2D eigenvalue weighted by Crippen LogP contribution is 2.13. The number of aromatic nitrogens is 2. The highest BCUT2D eigenvalue weighted by atomic mass is 32.2. The molecule has 0 unspecified atom stereocenters. The Morgan fingerprint density at radius 3 is 2.95 bits per heavy atom. The van der Waals surface area contributed by atoms with Gasteiger partial charge in [0.1, 0.15) is 12.4 Å². The highest BCUT2D eigenvalue weighted by Gasteiger charge is 2.19. The lowest BCUT2D eigenvalue weighted by Crippen LogP contribution is -2.29.